The molecule has 1 aliphatic rings. The van der Waals surface area contributed by atoms with E-state index in [0.717, 1.165) is 39.0 Å². The van der Waals surface area contributed by atoms with Crippen molar-refractivity contribution in [3.63, 3.8) is 0 Å². The Morgan fingerprint density at radius 3 is 1.93 bits per heavy atom. The molecule has 0 spiro atoms. The van der Waals surface area contributed by atoms with Gasteiger partial charge in [-0.25, -0.2) is 0 Å². The number of pyridine rings is 1. The van der Waals surface area contributed by atoms with Crippen molar-refractivity contribution < 1.29 is 9.47 Å². The fourth-order valence-electron chi connectivity index (χ4n) is 5.49. The van der Waals surface area contributed by atoms with Crippen LogP contribution in [0.3, 0.4) is 0 Å². The van der Waals surface area contributed by atoms with Crippen molar-refractivity contribution in [3.8, 4) is 33.9 Å². The molecular weight excluding hydrogens is 571 g/mol. The Bertz CT molecular complexity index is 1870. The number of hydrogen-bond donors (Lipinski definition) is 0. The van der Waals surface area contributed by atoms with E-state index in [-0.39, 0.29) is 15.0 Å². The molecule has 5 heteroatoms. The molecule has 5 aromatic carbocycles. The number of rotatable bonds is 5. The van der Waals surface area contributed by atoms with Crippen LogP contribution in [0.1, 0.15) is 5.56 Å². The van der Waals surface area contributed by atoms with Crippen LogP contribution in [-0.2, 0) is 0 Å². The standard InChI is InChI=1S/C36H28N2O2Se/c1-23-15-17-24(18-16-23)28-22-27(25-19-20-32(39-2)33(21-25)40-3)26-9-8-12-31(36(26)37-28)38-29-10-4-6-13-34(29)41-35-14-7-5-11-30(35)38/h4-22H,1-3H3. The fraction of sp³-hybridized carbons (Fsp3) is 0.0833. The zero-order valence-corrected chi connectivity index (χ0v) is 24.8. The summed E-state index contributed by atoms with van der Waals surface area (Å²) in [6.45, 7) is 2.11. The summed E-state index contributed by atoms with van der Waals surface area (Å²) in [6, 6.07) is 40.9. The number of benzene rings is 5. The van der Waals surface area contributed by atoms with Crippen LogP contribution in [0.15, 0.2) is 115 Å². The molecule has 1 aromatic heterocycles. The molecule has 0 saturated carbocycles. The Hall–Kier alpha value is -4.57. The number of anilines is 3. The average Bonchev–Trinajstić information content (AvgIpc) is 3.03. The fourth-order valence-corrected chi connectivity index (χ4v) is 7.71. The third kappa shape index (κ3) is 4.44. The van der Waals surface area contributed by atoms with E-state index in [4.69, 9.17) is 14.5 Å². The summed E-state index contributed by atoms with van der Waals surface area (Å²) in [5, 5.41) is 1.08. The molecule has 0 unspecified atom stereocenters. The number of aromatic nitrogens is 1. The predicted molar refractivity (Wildman–Crippen MR) is 170 cm³/mol. The van der Waals surface area contributed by atoms with Crippen LogP contribution in [0.4, 0.5) is 17.1 Å². The topological polar surface area (TPSA) is 34.6 Å². The molecule has 0 bridgehead atoms. The van der Waals surface area contributed by atoms with Gasteiger partial charge in [0.05, 0.1) is 7.11 Å². The number of hydrogen-bond acceptors (Lipinski definition) is 4. The van der Waals surface area contributed by atoms with Crippen LogP contribution in [0.2, 0.25) is 0 Å². The molecule has 1 aliphatic heterocycles. The van der Waals surface area contributed by atoms with Crippen molar-refractivity contribution >= 4 is 51.8 Å². The van der Waals surface area contributed by atoms with Crippen LogP contribution in [0.25, 0.3) is 33.3 Å². The van der Waals surface area contributed by atoms with Gasteiger partial charge in [0.15, 0.2) is 0 Å². The van der Waals surface area contributed by atoms with E-state index in [0.29, 0.717) is 11.5 Å². The summed E-state index contributed by atoms with van der Waals surface area (Å²) in [7, 11) is 3.34. The second kappa shape index (κ2) is 10.4. The quantitative estimate of drug-likeness (QED) is 0.194. The van der Waals surface area contributed by atoms with Crippen molar-refractivity contribution in [2.45, 2.75) is 6.92 Å². The van der Waals surface area contributed by atoms with Gasteiger partial charge >= 0.3 is 240 Å². The van der Waals surface area contributed by atoms with E-state index < -0.39 is 0 Å². The molecule has 0 N–H and O–H groups in total. The summed E-state index contributed by atoms with van der Waals surface area (Å²) < 4.78 is 14.0. The number of nitrogens with zero attached hydrogens (tertiary/aromatic N) is 2. The number of para-hydroxylation sites is 3. The molecule has 0 amide bonds. The molecule has 0 radical (unpaired) electrons. The van der Waals surface area contributed by atoms with Gasteiger partial charge in [-0.2, -0.15) is 0 Å². The summed E-state index contributed by atoms with van der Waals surface area (Å²) in [6.07, 6.45) is 0. The Kier molecular flexibility index (Phi) is 6.47. The van der Waals surface area contributed by atoms with Crippen molar-refractivity contribution in [2.75, 3.05) is 19.1 Å². The van der Waals surface area contributed by atoms with Gasteiger partial charge in [0.25, 0.3) is 0 Å². The van der Waals surface area contributed by atoms with Crippen molar-refractivity contribution in [1.29, 1.82) is 0 Å². The van der Waals surface area contributed by atoms with Gasteiger partial charge < -0.3 is 0 Å². The second-order valence-electron chi connectivity index (χ2n) is 10.0. The van der Waals surface area contributed by atoms with Crippen LogP contribution in [-0.4, -0.2) is 34.2 Å². The van der Waals surface area contributed by atoms with Crippen LogP contribution in [0, 0.1) is 6.92 Å². The first-order valence-electron chi connectivity index (χ1n) is 13.5. The Morgan fingerprint density at radius 1 is 0.610 bits per heavy atom. The van der Waals surface area contributed by atoms with Crippen LogP contribution in [0.5, 0.6) is 11.5 Å². The van der Waals surface area contributed by atoms with Gasteiger partial charge in [0, 0.05) is 0 Å². The summed E-state index contributed by atoms with van der Waals surface area (Å²) in [5.74, 6) is 1.40. The minimum absolute atomic E-state index is 0.236. The maximum atomic E-state index is 5.69. The minimum atomic E-state index is 0.236. The van der Waals surface area contributed by atoms with E-state index in [2.05, 4.69) is 115 Å². The number of aryl methyl sites for hydroxylation is 1. The van der Waals surface area contributed by atoms with Gasteiger partial charge in [-0.1, -0.05) is 0 Å². The number of methoxy groups -OCH3 is 2. The number of fused-ring (bicyclic) bond motifs is 3. The maximum absolute atomic E-state index is 5.69. The Morgan fingerprint density at radius 2 is 1.24 bits per heavy atom. The molecule has 41 heavy (non-hydrogen) atoms. The molecule has 0 aliphatic carbocycles. The third-order valence-corrected chi connectivity index (χ3v) is 9.90. The predicted octanol–water partition coefficient (Wildman–Crippen LogP) is 7.33. The molecule has 200 valence electrons. The molecular formula is C36H28N2O2Se. The normalized spacial score (nSPS) is 12.1. The molecule has 4 nitrogen and oxygen atoms in total. The summed E-state index contributed by atoms with van der Waals surface area (Å²) >= 11 is 0.236. The van der Waals surface area contributed by atoms with Gasteiger partial charge in [-0.05, 0) is 0 Å². The van der Waals surface area contributed by atoms with Gasteiger partial charge in [-0.15, -0.1) is 0 Å². The van der Waals surface area contributed by atoms with E-state index in [9.17, 15) is 0 Å². The van der Waals surface area contributed by atoms with Crippen molar-refractivity contribution in [1.82, 2.24) is 4.98 Å². The Labute approximate surface area is 246 Å². The first-order valence-corrected chi connectivity index (χ1v) is 15.2. The first kappa shape index (κ1) is 25.4. The van der Waals surface area contributed by atoms with Gasteiger partial charge in [-0.3, -0.25) is 0 Å². The molecule has 7 rings (SSSR count). The van der Waals surface area contributed by atoms with Gasteiger partial charge in [0.2, 0.25) is 0 Å². The SMILES string of the molecule is COc1ccc(-c2cc(-c3ccc(C)cc3)nc3c(N4c5ccccc5[Se]c5ccccc54)cccc23)cc1OC. The molecule has 0 fully saturated rings. The molecule has 0 saturated heterocycles. The van der Waals surface area contributed by atoms with E-state index in [1.165, 1.54) is 25.9 Å². The van der Waals surface area contributed by atoms with E-state index in [1.54, 1.807) is 14.2 Å². The van der Waals surface area contributed by atoms with Crippen molar-refractivity contribution in [2.24, 2.45) is 0 Å². The number of ether oxygens (including phenoxy) is 2. The average molecular weight is 600 g/mol. The zero-order valence-electron chi connectivity index (χ0n) is 23.1. The summed E-state index contributed by atoms with van der Waals surface area (Å²) in [5.41, 5.74) is 9.82. The van der Waals surface area contributed by atoms with E-state index >= 15 is 0 Å². The van der Waals surface area contributed by atoms with Gasteiger partial charge in [0.1, 0.15) is 0 Å². The molecule has 0 atom stereocenters. The van der Waals surface area contributed by atoms with Crippen molar-refractivity contribution in [3.05, 3.63) is 121 Å². The second-order valence-corrected chi connectivity index (χ2v) is 12.3. The molecule has 6 aromatic rings. The third-order valence-electron chi connectivity index (χ3n) is 7.53. The van der Waals surface area contributed by atoms with E-state index in [1.807, 2.05) is 12.1 Å². The van der Waals surface area contributed by atoms with Crippen LogP contribution >= 0.6 is 0 Å². The monoisotopic (exact) mass is 600 g/mol. The molecule has 2 heterocycles. The Balaban J connectivity index is 1.54. The zero-order chi connectivity index (χ0) is 27.9. The van der Waals surface area contributed by atoms with Crippen LogP contribution < -0.4 is 23.3 Å². The first-order chi connectivity index (χ1) is 20.1. The summed E-state index contributed by atoms with van der Waals surface area (Å²) in [4.78, 5) is 7.76.